The molecule has 0 aliphatic carbocycles. The molecule has 0 radical (unpaired) electrons. The van der Waals surface area contributed by atoms with Gasteiger partial charge in [-0.15, -0.1) is 0 Å². The Balaban J connectivity index is 2.21. The van der Waals surface area contributed by atoms with E-state index in [1.54, 1.807) is 0 Å². The van der Waals surface area contributed by atoms with Crippen LogP contribution in [0.3, 0.4) is 0 Å². The van der Waals surface area contributed by atoms with Crippen molar-refractivity contribution in [1.82, 2.24) is 0 Å². The van der Waals surface area contributed by atoms with Crippen LogP contribution in [-0.4, -0.2) is 19.1 Å². The quantitative estimate of drug-likeness (QED) is 0.737. The number of ether oxygens (including phenoxy) is 1. The van der Waals surface area contributed by atoms with Crippen molar-refractivity contribution in [2.75, 3.05) is 18.5 Å². The molecule has 1 aromatic carbocycles. The Morgan fingerprint density at radius 1 is 1.35 bits per heavy atom. The van der Waals surface area contributed by atoms with Gasteiger partial charge in [-0.2, -0.15) is 0 Å². The number of aryl methyl sites for hydroxylation is 1. The topological polar surface area (TPSA) is 38.3 Å². The summed E-state index contributed by atoms with van der Waals surface area (Å²) in [5.74, 6) is -0.0906. The highest BCUT2D eigenvalue weighted by Gasteiger charge is 2.02. The van der Waals surface area contributed by atoms with Crippen LogP contribution in [0.15, 0.2) is 24.3 Å². The van der Waals surface area contributed by atoms with Gasteiger partial charge < -0.3 is 10.1 Å². The summed E-state index contributed by atoms with van der Waals surface area (Å²) in [5.41, 5.74) is 1.96. The van der Waals surface area contributed by atoms with Gasteiger partial charge in [0.2, 0.25) is 5.91 Å². The Bertz CT molecular complexity index is 350. The van der Waals surface area contributed by atoms with Crippen molar-refractivity contribution in [3.8, 4) is 0 Å². The maximum atomic E-state index is 11.5. The smallest absolute Gasteiger partial charge is 0.250 e. The lowest BCUT2D eigenvalue weighted by Crippen LogP contribution is -2.18. The van der Waals surface area contributed by atoms with Gasteiger partial charge in [0.1, 0.15) is 6.61 Å². The highest BCUT2D eigenvalue weighted by molar-refractivity contribution is 5.91. The molecule has 0 unspecified atom stereocenters. The van der Waals surface area contributed by atoms with E-state index in [-0.39, 0.29) is 12.5 Å². The van der Waals surface area contributed by atoms with Crippen LogP contribution in [0.5, 0.6) is 0 Å². The number of nitrogens with one attached hydrogen (secondary N) is 1. The van der Waals surface area contributed by atoms with Crippen LogP contribution in [0.1, 0.15) is 31.7 Å². The third-order valence-electron chi connectivity index (χ3n) is 2.43. The van der Waals surface area contributed by atoms with Crippen LogP contribution < -0.4 is 5.32 Å². The minimum Gasteiger partial charge on any atom is -0.372 e. The molecule has 0 heterocycles. The molecule has 0 aromatic heterocycles. The maximum absolute atomic E-state index is 11.5. The molecule has 0 fully saturated rings. The molecule has 1 rings (SSSR count). The van der Waals surface area contributed by atoms with Crippen LogP contribution in [-0.2, 0) is 9.53 Å². The minimum absolute atomic E-state index is 0.0906. The number of carbonyl (C=O) groups excluding carboxylic acids is 1. The van der Waals surface area contributed by atoms with E-state index in [4.69, 9.17) is 4.74 Å². The summed E-state index contributed by atoms with van der Waals surface area (Å²) in [4.78, 5) is 11.5. The summed E-state index contributed by atoms with van der Waals surface area (Å²) < 4.78 is 5.29. The van der Waals surface area contributed by atoms with Crippen molar-refractivity contribution in [3.63, 3.8) is 0 Å². The molecule has 0 aliphatic heterocycles. The molecule has 3 nitrogen and oxygen atoms in total. The van der Waals surface area contributed by atoms with Gasteiger partial charge in [-0.05, 0) is 31.0 Å². The van der Waals surface area contributed by atoms with E-state index < -0.39 is 0 Å². The second-order valence-corrected chi connectivity index (χ2v) is 4.18. The Kier molecular flexibility index (Phi) is 6.33. The Labute approximate surface area is 103 Å². The van der Waals surface area contributed by atoms with E-state index in [0.717, 1.165) is 24.1 Å². The third-order valence-corrected chi connectivity index (χ3v) is 2.43. The normalized spacial score (nSPS) is 10.2. The van der Waals surface area contributed by atoms with Crippen LogP contribution in [0, 0.1) is 6.92 Å². The fourth-order valence-electron chi connectivity index (χ4n) is 1.54. The monoisotopic (exact) mass is 235 g/mol. The number of hydrogen-bond acceptors (Lipinski definition) is 2. The van der Waals surface area contributed by atoms with E-state index in [1.807, 2.05) is 31.2 Å². The molecule has 3 heteroatoms. The van der Waals surface area contributed by atoms with Gasteiger partial charge in [0.15, 0.2) is 0 Å². The predicted molar refractivity (Wildman–Crippen MR) is 70.2 cm³/mol. The second kappa shape index (κ2) is 7.85. The predicted octanol–water partition coefficient (Wildman–Crippen LogP) is 3.14. The van der Waals surface area contributed by atoms with Crippen molar-refractivity contribution in [1.29, 1.82) is 0 Å². The maximum Gasteiger partial charge on any atom is 0.250 e. The fourth-order valence-corrected chi connectivity index (χ4v) is 1.54. The zero-order valence-corrected chi connectivity index (χ0v) is 10.7. The van der Waals surface area contributed by atoms with Gasteiger partial charge >= 0.3 is 0 Å². The molecule has 0 saturated heterocycles. The molecule has 1 N–H and O–H groups in total. The lowest BCUT2D eigenvalue weighted by Gasteiger charge is -2.06. The van der Waals surface area contributed by atoms with Gasteiger partial charge in [0.25, 0.3) is 0 Å². The molecule has 0 spiro atoms. The Morgan fingerprint density at radius 2 is 2.18 bits per heavy atom. The highest BCUT2D eigenvalue weighted by Crippen LogP contribution is 2.09. The summed E-state index contributed by atoms with van der Waals surface area (Å²) in [6, 6.07) is 7.74. The van der Waals surface area contributed by atoms with Crippen LogP contribution in [0.2, 0.25) is 0 Å². The van der Waals surface area contributed by atoms with Crippen molar-refractivity contribution >= 4 is 11.6 Å². The van der Waals surface area contributed by atoms with Gasteiger partial charge in [-0.25, -0.2) is 0 Å². The molecule has 1 aromatic rings. The molecule has 17 heavy (non-hydrogen) atoms. The summed E-state index contributed by atoms with van der Waals surface area (Å²) in [6.07, 6.45) is 3.34. The number of amides is 1. The molecule has 0 aliphatic rings. The molecule has 0 saturated carbocycles. The second-order valence-electron chi connectivity index (χ2n) is 4.18. The lowest BCUT2D eigenvalue weighted by atomic mass is 10.2. The van der Waals surface area contributed by atoms with Gasteiger partial charge in [0.05, 0.1) is 0 Å². The van der Waals surface area contributed by atoms with E-state index in [2.05, 4.69) is 12.2 Å². The number of anilines is 1. The Morgan fingerprint density at radius 3 is 2.88 bits per heavy atom. The zero-order chi connectivity index (χ0) is 12.5. The number of rotatable bonds is 7. The van der Waals surface area contributed by atoms with Crippen LogP contribution in [0.25, 0.3) is 0 Å². The first-order valence-corrected chi connectivity index (χ1v) is 6.16. The number of hydrogen-bond donors (Lipinski definition) is 1. The summed E-state index contributed by atoms with van der Waals surface area (Å²) in [6.45, 7) is 4.94. The molecule has 0 bridgehead atoms. The van der Waals surface area contributed by atoms with E-state index in [1.165, 1.54) is 6.42 Å². The summed E-state index contributed by atoms with van der Waals surface area (Å²) in [7, 11) is 0. The standard InChI is InChI=1S/C14H21NO2/c1-3-4-5-9-17-11-14(16)15-13-8-6-7-12(2)10-13/h6-8,10H,3-5,9,11H2,1-2H3,(H,15,16). The van der Waals surface area contributed by atoms with Crippen molar-refractivity contribution < 1.29 is 9.53 Å². The molecular formula is C14H21NO2. The molecular weight excluding hydrogens is 214 g/mol. The highest BCUT2D eigenvalue weighted by atomic mass is 16.5. The molecule has 1 amide bonds. The van der Waals surface area contributed by atoms with Crippen molar-refractivity contribution in [2.24, 2.45) is 0 Å². The van der Waals surface area contributed by atoms with Crippen LogP contribution >= 0.6 is 0 Å². The van der Waals surface area contributed by atoms with Crippen molar-refractivity contribution in [3.05, 3.63) is 29.8 Å². The number of carbonyl (C=O) groups is 1. The summed E-state index contributed by atoms with van der Waals surface area (Å²) in [5, 5.41) is 2.81. The average Bonchev–Trinajstić information content (AvgIpc) is 2.29. The number of benzene rings is 1. The number of unbranched alkanes of at least 4 members (excludes halogenated alkanes) is 2. The van der Waals surface area contributed by atoms with E-state index >= 15 is 0 Å². The summed E-state index contributed by atoms with van der Waals surface area (Å²) >= 11 is 0. The first kappa shape index (κ1) is 13.7. The van der Waals surface area contributed by atoms with Gasteiger partial charge in [-0.1, -0.05) is 31.9 Å². The minimum atomic E-state index is -0.0906. The van der Waals surface area contributed by atoms with E-state index in [9.17, 15) is 4.79 Å². The van der Waals surface area contributed by atoms with Gasteiger partial charge in [-0.3, -0.25) is 4.79 Å². The fraction of sp³-hybridized carbons (Fsp3) is 0.500. The first-order chi connectivity index (χ1) is 8.22. The van der Waals surface area contributed by atoms with Gasteiger partial charge in [0, 0.05) is 12.3 Å². The largest absolute Gasteiger partial charge is 0.372 e. The SMILES string of the molecule is CCCCCOCC(=O)Nc1cccc(C)c1. The average molecular weight is 235 g/mol. The molecule has 0 atom stereocenters. The molecule has 94 valence electrons. The lowest BCUT2D eigenvalue weighted by molar-refractivity contribution is -0.120. The van der Waals surface area contributed by atoms with E-state index in [0.29, 0.717) is 6.61 Å². The van der Waals surface area contributed by atoms with Crippen molar-refractivity contribution in [2.45, 2.75) is 33.1 Å². The Hall–Kier alpha value is -1.35. The first-order valence-electron chi connectivity index (χ1n) is 6.16. The third kappa shape index (κ3) is 6.07. The zero-order valence-electron chi connectivity index (χ0n) is 10.7. The van der Waals surface area contributed by atoms with Crippen LogP contribution in [0.4, 0.5) is 5.69 Å².